The third-order valence-electron chi connectivity index (χ3n) is 4.24. The Morgan fingerprint density at radius 3 is 2.35 bits per heavy atom. The van der Waals surface area contributed by atoms with Crippen molar-refractivity contribution in [3.8, 4) is 0 Å². The van der Waals surface area contributed by atoms with Crippen molar-refractivity contribution in [1.29, 1.82) is 0 Å². The maximum absolute atomic E-state index is 12.3. The van der Waals surface area contributed by atoms with Crippen LogP contribution in [0.1, 0.15) is 48.8 Å². The second-order valence-electron chi connectivity index (χ2n) is 6.31. The molecular weight excluding hydrogens is 266 g/mol. The summed E-state index contributed by atoms with van der Waals surface area (Å²) < 4.78 is 12.3. The Bertz CT molecular complexity index is 446. The Balaban J connectivity index is 1.88. The molecule has 20 heavy (non-hydrogen) atoms. The van der Waals surface area contributed by atoms with Crippen molar-refractivity contribution < 1.29 is 4.21 Å². The van der Waals surface area contributed by atoms with Gasteiger partial charge in [-0.25, -0.2) is 0 Å². The maximum Gasteiger partial charge on any atom is 0.0486 e. The second-order valence-corrected chi connectivity index (χ2v) is 7.81. The Morgan fingerprint density at radius 2 is 1.75 bits per heavy atom. The van der Waals surface area contributed by atoms with Gasteiger partial charge >= 0.3 is 0 Å². The fourth-order valence-electron chi connectivity index (χ4n) is 3.31. The Morgan fingerprint density at radius 1 is 1.15 bits per heavy atom. The van der Waals surface area contributed by atoms with Crippen LogP contribution in [-0.2, 0) is 16.6 Å². The highest BCUT2D eigenvalue weighted by Gasteiger charge is 2.22. The van der Waals surface area contributed by atoms with E-state index >= 15 is 0 Å². The van der Waals surface area contributed by atoms with Crippen molar-refractivity contribution in [1.82, 2.24) is 0 Å². The molecule has 1 aliphatic carbocycles. The van der Waals surface area contributed by atoms with E-state index < -0.39 is 10.8 Å². The molecule has 1 saturated carbocycles. The zero-order chi connectivity index (χ0) is 14.5. The molecule has 0 aliphatic heterocycles. The quantitative estimate of drug-likeness (QED) is 0.903. The van der Waals surface area contributed by atoms with Gasteiger partial charge in [-0.3, -0.25) is 4.21 Å². The summed E-state index contributed by atoms with van der Waals surface area (Å²) in [6, 6.07) is 6.54. The van der Waals surface area contributed by atoms with E-state index in [9.17, 15) is 4.21 Å². The summed E-state index contributed by atoms with van der Waals surface area (Å²) in [5.41, 5.74) is 9.94. The molecule has 2 rings (SSSR count). The van der Waals surface area contributed by atoms with Gasteiger partial charge in [0.2, 0.25) is 0 Å². The van der Waals surface area contributed by atoms with Gasteiger partial charge in [0.25, 0.3) is 0 Å². The summed E-state index contributed by atoms with van der Waals surface area (Å²) in [6.07, 6.45) is 6.38. The Labute approximate surface area is 125 Å². The first-order chi connectivity index (χ1) is 9.54. The lowest BCUT2D eigenvalue weighted by Gasteiger charge is -2.27. The summed E-state index contributed by atoms with van der Waals surface area (Å²) in [5, 5.41) is 0. The van der Waals surface area contributed by atoms with E-state index in [1.807, 2.05) is 0 Å². The van der Waals surface area contributed by atoms with Crippen molar-refractivity contribution in [3.05, 3.63) is 34.9 Å². The van der Waals surface area contributed by atoms with Gasteiger partial charge in [-0.2, -0.15) is 0 Å². The molecule has 0 aromatic heterocycles. The predicted octanol–water partition coefficient (Wildman–Crippen LogP) is 3.46. The van der Waals surface area contributed by atoms with Crippen LogP contribution in [0.3, 0.4) is 0 Å². The molecule has 1 aromatic carbocycles. The Hall–Kier alpha value is -0.670. The lowest BCUT2D eigenvalue weighted by atomic mass is 9.85. The van der Waals surface area contributed by atoms with Gasteiger partial charge in [-0.1, -0.05) is 48.6 Å². The average molecular weight is 293 g/mol. The third kappa shape index (κ3) is 4.71. The summed E-state index contributed by atoms with van der Waals surface area (Å²) in [4.78, 5) is 0. The Kier molecular flexibility index (Phi) is 5.79. The van der Waals surface area contributed by atoms with Crippen LogP contribution in [0.5, 0.6) is 0 Å². The van der Waals surface area contributed by atoms with Crippen LogP contribution in [0.25, 0.3) is 0 Å². The van der Waals surface area contributed by atoms with Crippen LogP contribution in [0, 0.1) is 19.8 Å². The average Bonchev–Trinajstić information content (AvgIpc) is 2.38. The SMILES string of the molecule is Cc1cc(C)cc(CS(=O)CC(N)C2CCCCC2)c1. The molecule has 3 heteroatoms. The van der Waals surface area contributed by atoms with Crippen LogP contribution in [0.2, 0.25) is 0 Å². The van der Waals surface area contributed by atoms with Gasteiger partial charge in [0.1, 0.15) is 0 Å². The van der Waals surface area contributed by atoms with E-state index in [1.165, 1.54) is 48.8 Å². The summed E-state index contributed by atoms with van der Waals surface area (Å²) in [6.45, 7) is 4.18. The van der Waals surface area contributed by atoms with E-state index in [2.05, 4.69) is 32.0 Å². The zero-order valence-electron chi connectivity index (χ0n) is 12.7. The molecule has 2 atom stereocenters. The largest absolute Gasteiger partial charge is 0.327 e. The van der Waals surface area contributed by atoms with Gasteiger partial charge in [-0.15, -0.1) is 0 Å². The first-order valence-corrected chi connectivity index (χ1v) is 9.21. The highest BCUT2D eigenvalue weighted by atomic mass is 32.2. The standard InChI is InChI=1S/C17H27NOS/c1-13-8-14(2)10-15(9-13)11-20(19)12-17(18)16-6-4-3-5-7-16/h8-10,16-17H,3-7,11-12,18H2,1-2H3. The molecule has 1 aromatic rings. The monoisotopic (exact) mass is 293 g/mol. The van der Waals surface area contributed by atoms with Gasteiger partial charge < -0.3 is 5.73 Å². The summed E-state index contributed by atoms with van der Waals surface area (Å²) in [5.74, 6) is 1.88. The van der Waals surface area contributed by atoms with Gasteiger partial charge in [0.15, 0.2) is 0 Å². The summed E-state index contributed by atoms with van der Waals surface area (Å²) >= 11 is 0. The molecule has 2 unspecified atom stereocenters. The minimum Gasteiger partial charge on any atom is -0.327 e. The number of hydrogen-bond acceptors (Lipinski definition) is 2. The molecule has 1 fully saturated rings. The van der Waals surface area contributed by atoms with Crippen LogP contribution in [0.4, 0.5) is 0 Å². The van der Waals surface area contributed by atoms with Crippen molar-refractivity contribution >= 4 is 10.8 Å². The lowest BCUT2D eigenvalue weighted by Crippen LogP contribution is -2.36. The molecule has 0 bridgehead atoms. The van der Waals surface area contributed by atoms with Crippen LogP contribution < -0.4 is 5.73 Å². The van der Waals surface area contributed by atoms with Crippen molar-refractivity contribution in [3.63, 3.8) is 0 Å². The van der Waals surface area contributed by atoms with Gasteiger partial charge in [0, 0.05) is 28.3 Å². The fourth-order valence-corrected chi connectivity index (χ4v) is 4.67. The number of hydrogen-bond donors (Lipinski definition) is 1. The van der Waals surface area contributed by atoms with Crippen molar-refractivity contribution in [2.45, 2.75) is 57.7 Å². The minimum atomic E-state index is -0.844. The highest BCUT2D eigenvalue weighted by molar-refractivity contribution is 7.84. The molecule has 0 heterocycles. The van der Waals surface area contributed by atoms with Gasteiger partial charge in [0.05, 0.1) is 0 Å². The third-order valence-corrected chi connectivity index (χ3v) is 5.65. The fraction of sp³-hybridized carbons (Fsp3) is 0.647. The molecule has 2 N–H and O–H groups in total. The molecule has 112 valence electrons. The van der Waals surface area contributed by atoms with E-state index in [4.69, 9.17) is 5.73 Å². The van der Waals surface area contributed by atoms with E-state index in [-0.39, 0.29) is 6.04 Å². The molecule has 0 radical (unpaired) electrons. The minimum absolute atomic E-state index is 0.113. The zero-order valence-corrected chi connectivity index (χ0v) is 13.5. The number of benzene rings is 1. The number of rotatable bonds is 5. The number of nitrogens with two attached hydrogens (primary N) is 1. The summed E-state index contributed by atoms with van der Waals surface area (Å²) in [7, 11) is -0.844. The van der Waals surface area contributed by atoms with E-state index in [0.29, 0.717) is 17.4 Å². The second kappa shape index (κ2) is 7.37. The predicted molar refractivity (Wildman–Crippen MR) is 87.2 cm³/mol. The highest BCUT2D eigenvalue weighted by Crippen LogP contribution is 2.26. The molecule has 0 amide bonds. The molecule has 2 nitrogen and oxygen atoms in total. The molecular formula is C17H27NOS. The van der Waals surface area contributed by atoms with Gasteiger partial charge in [-0.05, 0) is 38.2 Å². The maximum atomic E-state index is 12.3. The number of aryl methyl sites for hydroxylation is 2. The molecule has 1 aliphatic rings. The smallest absolute Gasteiger partial charge is 0.0486 e. The molecule has 0 spiro atoms. The van der Waals surface area contributed by atoms with Crippen LogP contribution in [-0.4, -0.2) is 16.0 Å². The van der Waals surface area contributed by atoms with Crippen molar-refractivity contribution in [2.24, 2.45) is 11.7 Å². The van der Waals surface area contributed by atoms with Crippen LogP contribution in [0.15, 0.2) is 18.2 Å². The van der Waals surface area contributed by atoms with E-state index in [1.54, 1.807) is 0 Å². The molecule has 0 saturated heterocycles. The van der Waals surface area contributed by atoms with E-state index in [0.717, 1.165) is 0 Å². The van der Waals surface area contributed by atoms with Crippen molar-refractivity contribution in [2.75, 3.05) is 5.75 Å². The first-order valence-electron chi connectivity index (χ1n) is 7.72. The van der Waals surface area contributed by atoms with Crippen LogP contribution >= 0.6 is 0 Å². The topological polar surface area (TPSA) is 43.1 Å². The first kappa shape index (κ1) is 15.7. The normalized spacial score (nSPS) is 19.8. The lowest BCUT2D eigenvalue weighted by molar-refractivity contribution is 0.318.